The zero-order valence-corrected chi connectivity index (χ0v) is 14.0. The van der Waals surface area contributed by atoms with Crippen LogP contribution in [0.15, 0.2) is 12.1 Å². The van der Waals surface area contributed by atoms with Crippen molar-refractivity contribution >= 4 is 11.6 Å². The second kappa shape index (κ2) is 5.79. The maximum atomic E-state index is 6.28. The molecule has 1 aromatic rings. The molecule has 0 aliphatic carbocycles. The van der Waals surface area contributed by atoms with Gasteiger partial charge in [-0.25, -0.2) is 0 Å². The highest BCUT2D eigenvalue weighted by molar-refractivity contribution is 6.30. The zero-order valence-electron chi connectivity index (χ0n) is 13.2. The molecule has 1 fully saturated rings. The Hall–Kier alpha value is -0.770. The van der Waals surface area contributed by atoms with Gasteiger partial charge in [0.1, 0.15) is 5.75 Å². The summed E-state index contributed by atoms with van der Waals surface area (Å²) in [5.41, 5.74) is 2.64. The zero-order chi connectivity index (χ0) is 15.0. The SMILES string of the molecule is CC1CCNC(C)(C)CN1Cc1cc(Cl)cc2c1OCC2. The van der Waals surface area contributed by atoms with Crippen molar-refractivity contribution in [3.8, 4) is 5.75 Å². The second-order valence-electron chi connectivity index (χ2n) is 7.00. The van der Waals surface area contributed by atoms with Gasteiger partial charge in [0.05, 0.1) is 6.61 Å². The summed E-state index contributed by atoms with van der Waals surface area (Å²) in [6.45, 7) is 10.7. The molecule has 0 saturated carbocycles. The Morgan fingerprint density at radius 2 is 2.24 bits per heavy atom. The maximum absolute atomic E-state index is 6.28. The smallest absolute Gasteiger partial charge is 0.127 e. The van der Waals surface area contributed by atoms with Crippen LogP contribution in [0, 0.1) is 0 Å². The Labute approximate surface area is 132 Å². The molecule has 0 spiro atoms. The van der Waals surface area contributed by atoms with Crippen LogP contribution in [0.25, 0.3) is 0 Å². The average Bonchev–Trinajstić information content (AvgIpc) is 2.80. The summed E-state index contributed by atoms with van der Waals surface area (Å²) in [6, 6.07) is 4.68. The standard InChI is InChI=1S/C17H25ClN2O/c1-12-4-6-19-17(2,3)11-20(12)10-14-9-15(18)8-13-5-7-21-16(13)14/h8-9,12,19H,4-7,10-11H2,1-3H3. The number of hydrogen-bond donors (Lipinski definition) is 1. The van der Waals surface area contributed by atoms with Gasteiger partial charge in [-0.2, -0.15) is 0 Å². The van der Waals surface area contributed by atoms with Crippen LogP contribution >= 0.6 is 11.6 Å². The first-order valence-electron chi connectivity index (χ1n) is 7.88. The summed E-state index contributed by atoms with van der Waals surface area (Å²) in [5.74, 6) is 1.07. The molecule has 0 radical (unpaired) electrons. The lowest BCUT2D eigenvalue weighted by molar-refractivity contribution is 0.171. The summed E-state index contributed by atoms with van der Waals surface area (Å²) in [7, 11) is 0. The minimum atomic E-state index is 0.146. The molecule has 3 nitrogen and oxygen atoms in total. The van der Waals surface area contributed by atoms with E-state index >= 15 is 0 Å². The molecule has 1 saturated heterocycles. The molecule has 21 heavy (non-hydrogen) atoms. The van der Waals surface area contributed by atoms with Crippen molar-refractivity contribution in [1.82, 2.24) is 10.2 Å². The van der Waals surface area contributed by atoms with Gasteiger partial charge >= 0.3 is 0 Å². The molecule has 1 N–H and O–H groups in total. The summed E-state index contributed by atoms with van der Waals surface area (Å²) in [5, 5.41) is 4.46. The number of hydrogen-bond acceptors (Lipinski definition) is 3. The third-order valence-corrected chi connectivity index (χ3v) is 4.80. The molecule has 1 atom stereocenters. The third-order valence-electron chi connectivity index (χ3n) is 4.59. The number of nitrogens with zero attached hydrogens (tertiary/aromatic N) is 1. The molecule has 2 aliphatic heterocycles. The van der Waals surface area contributed by atoms with E-state index in [4.69, 9.17) is 16.3 Å². The van der Waals surface area contributed by atoms with E-state index in [1.54, 1.807) is 0 Å². The van der Waals surface area contributed by atoms with Crippen LogP contribution in [0.5, 0.6) is 5.75 Å². The van der Waals surface area contributed by atoms with Crippen molar-refractivity contribution in [3.63, 3.8) is 0 Å². The predicted octanol–water partition coefficient (Wildman–Crippen LogP) is 3.24. The molecule has 1 unspecified atom stereocenters. The van der Waals surface area contributed by atoms with Crippen LogP contribution in [0.2, 0.25) is 5.02 Å². The lowest BCUT2D eigenvalue weighted by atomic mass is 10.0. The van der Waals surface area contributed by atoms with Gasteiger partial charge in [-0.1, -0.05) is 11.6 Å². The lowest BCUT2D eigenvalue weighted by Gasteiger charge is -2.33. The quantitative estimate of drug-likeness (QED) is 0.908. The highest BCUT2D eigenvalue weighted by Gasteiger charge is 2.29. The Bertz CT molecular complexity index is 530. The molecular weight excluding hydrogens is 284 g/mol. The second-order valence-corrected chi connectivity index (χ2v) is 7.44. The van der Waals surface area contributed by atoms with Crippen LogP contribution in [-0.2, 0) is 13.0 Å². The van der Waals surface area contributed by atoms with E-state index in [0.29, 0.717) is 6.04 Å². The highest BCUT2D eigenvalue weighted by atomic mass is 35.5. The largest absolute Gasteiger partial charge is 0.493 e. The van der Waals surface area contributed by atoms with E-state index in [-0.39, 0.29) is 5.54 Å². The number of rotatable bonds is 2. The van der Waals surface area contributed by atoms with E-state index < -0.39 is 0 Å². The van der Waals surface area contributed by atoms with E-state index in [1.165, 1.54) is 17.5 Å². The van der Waals surface area contributed by atoms with Crippen molar-refractivity contribution in [2.24, 2.45) is 0 Å². The van der Waals surface area contributed by atoms with Crippen molar-refractivity contribution in [2.75, 3.05) is 19.7 Å². The van der Waals surface area contributed by atoms with Gasteiger partial charge in [-0.05, 0) is 51.4 Å². The van der Waals surface area contributed by atoms with Crippen molar-refractivity contribution in [2.45, 2.75) is 51.7 Å². The van der Waals surface area contributed by atoms with Gasteiger partial charge in [-0.15, -0.1) is 0 Å². The highest BCUT2D eigenvalue weighted by Crippen LogP contribution is 2.34. The van der Waals surface area contributed by atoms with Crippen LogP contribution < -0.4 is 10.1 Å². The first kappa shape index (κ1) is 15.1. The lowest BCUT2D eigenvalue weighted by Crippen LogP contribution is -2.47. The topological polar surface area (TPSA) is 24.5 Å². The number of halogens is 1. The van der Waals surface area contributed by atoms with Gasteiger partial charge in [0.15, 0.2) is 0 Å². The van der Waals surface area contributed by atoms with Gasteiger partial charge in [0, 0.05) is 41.7 Å². The first-order chi connectivity index (χ1) is 9.94. The molecule has 0 bridgehead atoms. The van der Waals surface area contributed by atoms with Gasteiger partial charge in [0.2, 0.25) is 0 Å². The normalized spacial score (nSPS) is 25.2. The molecule has 1 aromatic carbocycles. The number of benzene rings is 1. The summed E-state index contributed by atoms with van der Waals surface area (Å²) in [6.07, 6.45) is 2.15. The molecular formula is C17H25ClN2O. The Kier molecular flexibility index (Phi) is 4.17. The van der Waals surface area contributed by atoms with Crippen molar-refractivity contribution in [1.29, 1.82) is 0 Å². The number of nitrogens with one attached hydrogen (secondary N) is 1. The first-order valence-corrected chi connectivity index (χ1v) is 8.25. The number of fused-ring (bicyclic) bond motifs is 1. The Morgan fingerprint density at radius 3 is 3.05 bits per heavy atom. The average molecular weight is 309 g/mol. The predicted molar refractivity (Wildman–Crippen MR) is 87.2 cm³/mol. The van der Waals surface area contributed by atoms with Crippen LogP contribution in [0.4, 0.5) is 0 Å². The van der Waals surface area contributed by atoms with Crippen molar-refractivity contribution in [3.05, 3.63) is 28.3 Å². The maximum Gasteiger partial charge on any atom is 0.127 e. The fourth-order valence-corrected chi connectivity index (χ4v) is 3.68. The molecule has 2 heterocycles. The van der Waals surface area contributed by atoms with E-state index in [1.807, 2.05) is 6.07 Å². The van der Waals surface area contributed by atoms with Crippen LogP contribution in [0.1, 0.15) is 38.3 Å². The molecule has 3 rings (SSSR count). The molecule has 2 aliphatic rings. The van der Waals surface area contributed by atoms with E-state index in [9.17, 15) is 0 Å². The van der Waals surface area contributed by atoms with Crippen molar-refractivity contribution < 1.29 is 4.74 Å². The summed E-state index contributed by atoms with van der Waals surface area (Å²) in [4.78, 5) is 2.55. The minimum absolute atomic E-state index is 0.146. The van der Waals surface area contributed by atoms with E-state index in [0.717, 1.165) is 43.4 Å². The molecule has 0 amide bonds. The summed E-state index contributed by atoms with van der Waals surface area (Å²) < 4.78 is 5.84. The molecule has 116 valence electrons. The van der Waals surface area contributed by atoms with Gasteiger partial charge < -0.3 is 10.1 Å². The molecule has 4 heteroatoms. The van der Waals surface area contributed by atoms with Crippen LogP contribution in [-0.4, -0.2) is 36.2 Å². The monoisotopic (exact) mass is 308 g/mol. The Balaban J connectivity index is 1.85. The third kappa shape index (κ3) is 3.36. The fourth-order valence-electron chi connectivity index (χ4n) is 3.42. The minimum Gasteiger partial charge on any atom is -0.493 e. The van der Waals surface area contributed by atoms with Crippen LogP contribution in [0.3, 0.4) is 0 Å². The fraction of sp³-hybridized carbons (Fsp3) is 0.647. The Morgan fingerprint density at radius 1 is 1.43 bits per heavy atom. The van der Waals surface area contributed by atoms with Gasteiger partial charge in [-0.3, -0.25) is 4.90 Å². The molecule has 0 aromatic heterocycles. The van der Waals surface area contributed by atoms with Gasteiger partial charge in [0.25, 0.3) is 0 Å². The number of ether oxygens (including phenoxy) is 1. The van der Waals surface area contributed by atoms with E-state index in [2.05, 4.69) is 37.1 Å². The summed E-state index contributed by atoms with van der Waals surface area (Å²) >= 11 is 6.28.